The molecule has 1 atom stereocenters. The van der Waals surface area contributed by atoms with Gasteiger partial charge >= 0.3 is 6.09 Å². The maximum absolute atomic E-state index is 14.4. The van der Waals surface area contributed by atoms with E-state index in [9.17, 15) is 19.1 Å². The number of hydrogen-bond acceptors (Lipinski definition) is 2. The molecule has 0 saturated heterocycles. The van der Waals surface area contributed by atoms with E-state index in [1.807, 2.05) is 20.8 Å². The van der Waals surface area contributed by atoms with Crippen LogP contribution in [0.15, 0.2) is 30.3 Å². The third kappa shape index (κ3) is 3.25. The third-order valence-electron chi connectivity index (χ3n) is 5.00. The molecular formula is C20H20ClFN2O3. The zero-order valence-electron chi connectivity index (χ0n) is 15.3. The lowest BCUT2D eigenvalue weighted by atomic mass is 9.99. The molecule has 2 amide bonds. The van der Waals surface area contributed by atoms with E-state index in [4.69, 9.17) is 11.6 Å². The normalized spacial score (nSPS) is 16.3. The van der Waals surface area contributed by atoms with Crippen molar-refractivity contribution in [3.8, 4) is 0 Å². The molecule has 2 aromatic carbocycles. The fraction of sp³-hybridized carbons (Fsp3) is 0.300. The summed E-state index contributed by atoms with van der Waals surface area (Å²) >= 11 is 5.83. The largest absolute Gasteiger partial charge is 0.465 e. The molecule has 5 nitrogen and oxygen atoms in total. The van der Waals surface area contributed by atoms with E-state index >= 15 is 0 Å². The molecule has 27 heavy (non-hydrogen) atoms. The molecule has 0 radical (unpaired) electrons. The van der Waals surface area contributed by atoms with E-state index in [0.29, 0.717) is 17.8 Å². The quantitative estimate of drug-likeness (QED) is 0.783. The Morgan fingerprint density at radius 2 is 1.85 bits per heavy atom. The zero-order valence-corrected chi connectivity index (χ0v) is 16.0. The van der Waals surface area contributed by atoms with Crippen molar-refractivity contribution in [2.75, 3.05) is 16.3 Å². The van der Waals surface area contributed by atoms with Crippen LogP contribution in [0.25, 0.3) is 0 Å². The predicted octanol–water partition coefficient (Wildman–Crippen LogP) is 5.02. The summed E-state index contributed by atoms with van der Waals surface area (Å²) in [5.74, 6) is -1.31. The van der Waals surface area contributed by atoms with Crippen LogP contribution in [0.3, 0.4) is 0 Å². The van der Waals surface area contributed by atoms with E-state index in [2.05, 4.69) is 0 Å². The molecule has 0 bridgehead atoms. The monoisotopic (exact) mass is 390 g/mol. The first kappa shape index (κ1) is 19.2. The number of hydrogen-bond donors (Lipinski definition) is 1. The Hall–Kier alpha value is -2.60. The van der Waals surface area contributed by atoms with Gasteiger partial charge < -0.3 is 10.0 Å². The van der Waals surface area contributed by atoms with Crippen molar-refractivity contribution in [1.29, 1.82) is 0 Å². The number of aryl methyl sites for hydroxylation is 2. The number of amides is 2. The second kappa shape index (κ2) is 7.19. The van der Waals surface area contributed by atoms with Gasteiger partial charge in [-0.3, -0.25) is 9.69 Å². The number of carbonyl (C=O) groups excluding carboxylic acids is 1. The lowest BCUT2D eigenvalue weighted by Gasteiger charge is -2.41. The molecule has 1 unspecified atom stereocenters. The fourth-order valence-electron chi connectivity index (χ4n) is 3.36. The van der Waals surface area contributed by atoms with Gasteiger partial charge in [0.25, 0.3) is 5.91 Å². The standard InChI is InChI=1S/C20H20ClFN2O3/c1-4-13-10-23(19(25)14-6-5-7-15(21)18(14)22)16-8-11(2)12(3)9-17(16)24(13)20(26)27/h5-9,13H,4,10H2,1-3H3,(H,26,27). The van der Waals surface area contributed by atoms with Crippen LogP contribution >= 0.6 is 11.6 Å². The number of benzene rings is 2. The van der Waals surface area contributed by atoms with Crippen molar-refractivity contribution in [1.82, 2.24) is 0 Å². The first-order chi connectivity index (χ1) is 12.8. The van der Waals surface area contributed by atoms with Crippen LogP contribution in [0.4, 0.5) is 20.6 Å². The van der Waals surface area contributed by atoms with Gasteiger partial charge in [-0.2, -0.15) is 0 Å². The average Bonchev–Trinajstić information content (AvgIpc) is 2.63. The van der Waals surface area contributed by atoms with Crippen LogP contribution in [0.2, 0.25) is 5.02 Å². The first-order valence-electron chi connectivity index (χ1n) is 8.65. The maximum Gasteiger partial charge on any atom is 0.412 e. The highest BCUT2D eigenvalue weighted by molar-refractivity contribution is 6.31. The van der Waals surface area contributed by atoms with Crippen LogP contribution in [-0.2, 0) is 0 Å². The van der Waals surface area contributed by atoms with Gasteiger partial charge in [-0.1, -0.05) is 24.6 Å². The Bertz CT molecular complexity index is 932. The molecule has 1 N–H and O–H groups in total. The first-order valence-corrected chi connectivity index (χ1v) is 9.03. The minimum atomic E-state index is -1.08. The second-order valence-electron chi connectivity index (χ2n) is 6.66. The van der Waals surface area contributed by atoms with Gasteiger partial charge in [0, 0.05) is 6.54 Å². The number of carboxylic acid groups (broad SMARTS) is 1. The highest BCUT2D eigenvalue weighted by atomic mass is 35.5. The molecule has 0 aliphatic carbocycles. The van der Waals surface area contributed by atoms with Gasteiger partial charge in [0.05, 0.1) is 28.0 Å². The van der Waals surface area contributed by atoms with Gasteiger partial charge in [0.1, 0.15) is 0 Å². The van der Waals surface area contributed by atoms with Crippen molar-refractivity contribution in [3.05, 3.63) is 57.9 Å². The number of fused-ring (bicyclic) bond motifs is 1. The Balaban J connectivity index is 2.18. The maximum atomic E-state index is 14.4. The molecule has 3 rings (SSSR count). The number of carbonyl (C=O) groups is 2. The van der Waals surface area contributed by atoms with Crippen molar-refractivity contribution >= 4 is 35.0 Å². The van der Waals surface area contributed by atoms with Crippen LogP contribution < -0.4 is 9.80 Å². The Morgan fingerprint density at radius 1 is 1.22 bits per heavy atom. The van der Waals surface area contributed by atoms with Gasteiger partial charge in [0.2, 0.25) is 0 Å². The van der Waals surface area contributed by atoms with Crippen LogP contribution in [0, 0.1) is 19.7 Å². The average molecular weight is 391 g/mol. The minimum absolute atomic E-state index is 0.127. The molecule has 0 fully saturated rings. The summed E-state index contributed by atoms with van der Waals surface area (Å²) in [7, 11) is 0. The summed E-state index contributed by atoms with van der Waals surface area (Å²) < 4.78 is 14.4. The number of halogens is 2. The molecule has 0 spiro atoms. The number of rotatable bonds is 2. The van der Waals surface area contributed by atoms with Gasteiger partial charge in [0.15, 0.2) is 5.82 Å². The lowest BCUT2D eigenvalue weighted by molar-refractivity contribution is 0.0978. The van der Waals surface area contributed by atoms with Gasteiger partial charge in [-0.15, -0.1) is 0 Å². The van der Waals surface area contributed by atoms with E-state index in [-0.39, 0.29) is 17.1 Å². The smallest absolute Gasteiger partial charge is 0.412 e. The molecule has 1 heterocycles. The Morgan fingerprint density at radius 3 is 2.44 bits per heavy atom. The van der Waals surface area contributed by atoms with Crippen molar-refractivity contribution in [2.45, 2.75) is 33.2 Å². The van der Waals surface area contributed by atoms with E-state index < -0.39 is 23.9 Å². The number of nitrogens with zero attached hydrogens (tertiary/aromatic N) is 2. The van der Waals surface area contributed by atoms with E-state index in [1.54, 1.807) is 12.1 Å². The van der Waals surface area contributed by atoms with Crippen molar-refractivity contribution < 1.29 is 19.1 Å². The van der Waals surface area contributed by atoms with E-state index in [0.717, 1.165) is 11.1 Å². The zero-order chi connectivity index (χ0) is 19.9. The van der Waals surface area contributed by atoms with Crippen LogP contribution in [-0.4, -0.2) is 29.7 Å². The van der Waals surface area contributed by atoms with E-state index in [1.165, 1.54) is 28.0 Å². The highest BCUT2D eigenvalue weighted by Crippen LogP contribution is 2.39. The summed E-state index contributed by atoms with van der Waals surface area (Å²) in [6.45, 7) is 5.77. The van der Waals surface area contributed by atoms with Crippen molar-refractivity contribution in [3.63, 3.8) is 0 Å². The molecule has 2 aromatic rings. The summed E-state index contributed by atoms with van der Waals surface area (Å²) in [4.78, 5) is 27.7. The van der Waals surface area contributed by atoms with Crippen molar-refractivity contribution in [2.24, 2.45) is 0 Å². The minimum Gasteiger partial charge on any atom is -0.465 e. The van der Waals surface area contributed by atoms with Crippen LogP contribution in [0.5, 0.6) is 0 Å². The molecule has 1 aliphatic heterocycles. The summed E-state index contributed by atoms with van der Waals surface area (Å²) in [5.41, 5.74) is 2.58. The molecular weight excluding hydrogens is 371 g/mol. The summed E-state index contributed by atoms with van der Waals surface area (Å²) in [6.07, 6.45) is -0.562. The second-order valence-corrected chi connectivity index (χ2v) is 7.06. The third-order valence-corrected chi connectivity index (χ3v) is 5.30. The fourth-order valence-corrected chi connectivity index (χ4v) is 3.53. The van der Waals surface area contributed by atoms with Gasteiger partial charge in [-0.05, 0) is 55.7 Å². The molecule has 7 heteroatoms. The van der Waals surface area contributed by atoms with Crippen LogP contribution in [0.1, 0.15) is 34.8 Å². The summed E-state index contributed by atoms with van der Waals surface area (Å²) in [6, 6.07) is 7.39. The highest BCUT2D eigenvalue weighted by Gasteiger charge is 2.37. The molecule has 1 aliphatic rings. The number of anilines is 2. The topological polar surface area (TPSA) is 60.9 Å². The van der Waals surface area contributed by atoms with Gasteiger partial charge in [-0.25, -0.2) is 9.18 Å². The predicted molar refractivity (Wildman–Crippen MR) is 104 cm³/mol. The summed E-state index contributed by atoms with van der Waals surface area (Å²) in [5, 5.41) is 9.59. The molecule has 0 saturated carbocycles. The SMILES string of the molecule is CCC1CN(C(=O)c2cccc(Cl)c2F)c2cc(C)c(C)cc2N1C(=O)O. The molecule has 0 aromatic heterocycles. The lowest BCUT2D eigenvalue weighted by Crippen LogP contribution is -2.53. The molecule has 142 valence electrons. The Kier molecular flexibility index (Phi) is 5.11. The Labute approximate surface area is 162 Å².